The zero-order chi connectivity index (χ0) is 22.8. The van der Waals surface area contributed by atoms with E-state index in [2.05, 4.69) is 4.98 Å². The summed E-state index contributed by atoms with van der Waals surface area (Å²) in [5.41, 5.74) is 2.40. The lowest BCUT2D eigenvalue weighted by Crippen LogP contribution is -2.32. The molecule has 4 aromatic rings. The average molecular weight is 465 g/mol. The van der Waals surface area contributed by atoms with Crippen LogP contribution in [0.15, 0.2) is 49.1 Å². The number of thiazole rings is 1. The van der Waals surface area contributed by atoms with Crippen molar-refractivity contribution < 1.29 is 19.0 Å². The van der Waals surface area contributed by atoms with E-state index in [1.807, 2.05) is 29.8 Å². The fourth-order valence-corrected chi connectivity index (χ4v) is 4.90. The number of ether oxygens (including phenoxy) is 3. The van der Waals surface area contributed by atoms with Crippen molar-refractivity contribution >= 4 is 32.6 Å². The van der Waals surface area contributed by atoms with Crippen molar-refractivity contribution in [1.29, 1.82) is 0 Å². The summed E-state index contributed by atoms with van der Waals surface area (Å²) in [5, 5.41) is 0.642. The summed E-state index contributed by atoms with van der Waals surface area (Å²) in [6.07, 6.45) is 6.19. The summed E-state index contributed by atoms with van der Waals surface area (Å²) < 4.78 is 19.8. The maximum absolute atomic E-state index is 13.7. The SMILES string of the molecule is COc1ccc(C)c2sc(N(CCCn3ccnc3)C(=O)c3ccc4c(c3)OCCO4)nc12. The predicted octanol–water partition coefficient (Wildman–Crippen LogP) is 4.32. The minimum atomic E-state index is -0.131. The van der Waals surface area contributed by atoms with Crippen LogP contribution in [0.1, 0.15) is 22.3 Å². The number of benzene rings is 2. The number of hydrogen-bond acceptors (Lipinski definition) is 7. The minimum absolute atomic E-state index is 0.131. The van der Waals surface area contributed by atoms with Crippen LogP contribution in [0.4, 0.5) is 5.13 Å². The van der Waals surface area contributed by atoms with Crippen LogP contribution < -0.4 is 19.1 Å². The number of methoxy groups -OCH3 is 1. The number of aryl methyl sites for hydroxylation is 2. The quantitative estimate of drug-likeness (QED) is 0.405. The predicted molar refractivity (Wildman–Crippen MR) is 127 cm³/mol. The first-order chi connectivity index (χ1) is 16.1. The highest BCUT2D eigenvalue weighted by molar-refractivity contribution is 7.22. The normalized spacial score (nSPS) is 12.7. The molecule has 1 amide bonds. The summed E-state index contributed by atoms with van der Waals surface area (Å²) in [6.45, 7) is 4.27. The molecule has 0 saturated heterocycles. The van der Waals surface area contributed by atoms with Crippen LogP contribution in [0.25, 0.3) is 10.2 Å². The monoisotopic (exact) mass is 464 g/mol. The Hall–Kier alpha value is -3.59. The molecule has 9 heteroatoms. The Bertz CT molecular complexity index is 1290. The van der Waals surface area contributed by atoms with Crippen LogP contribution in [-0.4, -0.2) is 47.3 Å². The molecule has 2 aromatic carbocycles. The van der Waals surface area contributed by atoms with E-state index < -0.39 is 0 Å². The smallest absolute Gasteiger partial charge is 0.260 e. The van der Waals surface area contributed by atoms with E-state index in [1.54, 1.807) is 42.7 Å². The van der Waals surface area contributed by atoms with Gasteiger partial charge in [0.25, 0.3) is 5.91 Å². The molecule has 0 atom stereocenters. The second-order valence-electron chi connectivity index (χ2n) is 7.73. The Kier molecular flexibility index (Phi) is 5.87. The number of imidazole rings is 1. The Morgan fingerprint density at radius 1 is 1.21 bits per heavy atom. The molecule has 0 radical (unpaired) electrons. The third kappa shape index (κ3) is 4.23. The Morgan fingerprint density at radius 3 is 2.85 bits per heavy atom. The molecule has 0 aliphatic carbocycles. The summed E-state index contributed by atoms with van der Waals surface area (Å²) in [7, 11) is 1.63. The van der Waals surface area contributed by atoms with Gasteiger partial charge in [-0.05, 0) is 43.2 Å². The number of nitrogens with zero attached hydrogens (tertiary/aromatic N) is 4. The fourth-order valence-electron chi connectivity index (χ4n) is 3.83. The van der Waals surface area contributed by atoms with Gasteiger partial charge in [-0.25, -0.2) is 9.97 Å². The van der Waals surface area contributed by atoms with Gasteiger partial charge in [-0.3, -0.25) is 9.69 Å². The third-order valence-electron chi connectivity index (χ3n) is 5.53. The fraction of sp³-hybridized carbons (Fsp3) is 0.292. The molecule has 170 valence electrons. The molecule has 0 N–H and O–H groups in total. The van der Waals surface area contributed by atoms with Gasteiger partial charge in [-0.15, -0.1) is 0 Å². The van der Waals surface area contributed by atoms with Crippen molar-refractivity contribution in [3.8, 4) is 17.2 Å². The minimum Gasteiger partial charge on any atom is -0.494 e. The van der Waals surface area contributed by atoms with Crippen molar-refractivity contribution in [2.75, 3.05) is 31.8 Å². The van der Waals surface area contributed by atoms with Gasteiger partial charge in [0.1, 0.15) is 24.5 Å². The second kappa shape index (κ2) is 9.11. The van der Waals surface area contributed by atoms with Crippen LogP contribution >= 0.6 is 11.3 Å². The van der Waals surface area contributed by atoms with Gasteiger partial charge in [0.05, 0.1) is 18.1 Å². The molecule has 2 aromatic heterocycles. The van der Waals surface area contributed by atoms with Crippen molar-refractivity contribution in [2.45, 2.75) is 19.9 Å². The number of fused-ring (bicyclic) bond motifs is 2. The van der Waals surface area contributed by atoms with E-state index in [0.717, 1.165) is 28.7 Å². The van der Waals surface area contributed by atoms with E-state index >= 15 is 0 Å². The van der Waals surface area contributed by atoms with Crippen molar-refractivity contribution in [2.24, 2.45) is 0 Å². The molecular weight excluding hydrogens is 440 g/mol. The van der Waals surface area contributed by atoms with Crippen molar-refractivity contribution in [3.63, 3.8) is 0 Å². The Labute approximate surface area is 195 Å². The first-order valence-corrected chi connectivity index (χ1v) is 11.6. The number of carbonyl (C=O) groups is 1. The van der Waals surface area contributed by atoms with Crippen molar-refractivity contribution in [3.05, 3.63) is 60.2 Å². The van der Waals surface area contributed by atoms with Crippen LogP contribution in [0, 0.1) is 6.92 Å². The first-order valence-electron chi connectivity index (χ1n) is 10.8. The lowest BCUT2D eigenvalue weighted by Gasteiger charge is -2.22. The largest absolute Gasteiger partial charge is 0.494 e. The molecule has 0 saturated carbocycles. The molecular formula is C24H24N4O4S. The van der Waals surface area contributed by atoms with Crippen LogP contribution in [0.2, 0.25) is 0 Å². The Morgan fingerprint density at radius 2 is 2.06 bits per heavy atom. The van der Waals surface area contributed by atoms with Gasteiger partial charge < -0.3 is 18.8 Å². The molecule has 1 aliphatic heterocycles. The zero-order valence-electron chi connectivity index (χ0n) is 18.5. The van der Waals surface area contributed by atoms with Gasteiger partial charge in [0.2, 0.25) is 0 Å². The van der Waals surface area contributed by atoms with Gasteiger partial charge in [-0.2, -0.15) is 0 Å². The number of amides is 1. The topological polar surface area (TPSA) is 78.7 Å². The number of hydrogen-bond donors (Lipinski definition) is 0. The number of carbonyl (C=O) groups excluding carboxylic acids is 1. The Balaban J connectivity index is 1.49. The van der Waals surface area contributed by atoms with E-state index in [4.69, 9.17) is 19.2 Å². The molecule has 5 rings (SSSR count). The van der Waals surface area contributed by atoms with E-state index in [0.29, 0.717) is 47.7 Å². The maximum atomic E-state index is 13.7. The van der Waals surface area contributed by atoms with E-state index in [1.165, 1.54) is 11.3 Å². The third-order valence-corrected chi connectivity index (χ3v) is 6.75. The van der Waals surface area contributed by atoms with Crippen LogP contribution in [-0.2, 0) is 6.54 Å². The van der Waals surface area contributed by atoms with Crippen LogP contribution in [0.3, 0.4) is 0 Å². The van der Waals surface area contributed by atoms with Crippen LogP contribution in [0.5, 0.6) is 17.2 Å². The van der Waals surface area contributed by atoms with Gasteiger partial charge in [0.15, 0.2) is 16.6 Å². The highest BCUT2D eigenvalue weighted by Crippen LogP contribution is 2.37. The summed E-state index contributed by atoms with van der Waals surface area (Å²) in [6, 6.07) is 9.23. The molecule has 8 nitrogen and oxygen atoms in total. The standard InChI is InChI=1S/C24H24N4O4S/c1-16-4-6-19(30-2)21-22(16)33-24(26-21)28(10-3-9-27-11-8-25-15-27)23(29)17-5-7-18-20(14-17)32-13-12-31-18/h4-8,11,14-15H,3,9-10,12-13H2,1-2H3. The maximum Gasteiger partial charge on any atom is 0.260 e. The highest BCUT2D eigenvalue weighted by Gasteiger charge is 2.24. The molecule has 3 heterocycles. The highest BCUT2D eigenvalue weighted by atomic mass is 32.1. The summed E-state index contributed by atoms with van der Waals surface area (Å²) >= 11 is 1.50. The van der Waals surface area contributed by atoms with Gasteiger partial charge in [-0.1, -0.05) is 17.4 Å². The number of rotatable bonds is 7. The molecule has 0 unspecified atom stereocenters. The summed E-state index contributed by atoms with van der Waals surface area (Å²) in [4.78, 5) is 24.3. The molecule has 33 heavy (non-hydrogen) atoms. The first kappa shape index (κ1) is 21.3. The van der Waals surface area contributed by atoms with E-state index in [9.17, 15) is 4.79 Å². The van der Waals surface area contributed by atoms with Gasteiger partial charge >= 0.3 is 0 Å². The van der Waals surface area contributed by atoms with Crippen molar-refractivity contribution in [1.82, 2.24) is 14.5 Å². The molecule has 0 spiro atoms. The number of anilines is 1. The summed E-state index contributed by atoms with van der Waals surface area (Å²) in [5.74, 6) is 1.81. The second-order valence-corrected chi connectivity index (χ2v) is 8.71. The van der Waals surface area contributed by atoms with E-state index in [-0.39, 0.29) is 5.91 Å². The number of aromatic nitrogens is 3. The lowest BCUT2D eigenvalue weighted by molar-refractivity contribution is 0.0985. The zero-order valence-corrected chi connectivity index (χ0v) is 19.3. The molecule has 1 aliphatic rings. The average Bonchev–Trinajstić information content (AvgIpc) is 3.52. The molecule has 0 bridgehead atoms. The molecule has 0 fully saturated rings. The van der Waals surface area contributed by atoms with Gasteiger partial charge in [0, 0.05) is 31.0 Å². The lowest BCUT2D eigenvalue weighted by atomic mass is 10.1.